The molecule has 15 atom stereocenters. The zero-order valence-electron chi connectivity index (χ0n) is 59.7. The van der Waals surface area contributed by atoms with Gasteiger partial charge in [0.2, 0.25) is 5.79 Å². The van der Waals surface area contributed by atoms with Gasteiger partial charge in [-0.3, -0.25) is 19.2 Å². The van der Waals surface area contributed by atoms with Gasteiger partial charge in [0.15, 0.2) is 5.78 Å². The van der Waals surface area contributed by atoms with Gasteiger partial charge < -0.3 is 96.4 Å². The summed E-state index contributed by atoms with van der Waals surface area (Å²) in [5.41, 5.74) is 1.18. The number of carbonyl (C=O) groups is 5. The molecule has 0 aromatic heterocycles. The summed E-state index contributed by atoms with van der Waals surface area (Å²) in [6.07, 6.45) is 10.2. The fourth-order valence-corrected chi connectivity index (χ4v) is 12.4. The topological polar surface area (TPSA) is 308 Å². The fourth-order valence-electron chi connectivity index (χ4n) is 12.4. The summed E-state index contributed by atoms with van der Waals surface area (Å²) in [6, 6.07) is -1.19. The molecule has 558 valence electrons. The quantitative estimate of drug-likeness (QED) is 0.0249. The Bertz CT molecular complexity index is 2340. The summed E-state index contributed by atoms with van der Waals surface area (Å²) in [6.45, 7) is 21.0. The van der Waals surface area contributed by atoms with Gasteiger partial charge in [-0.05, 0) is 107 Å². The number of ether oxygens (including phenoxy) is 15. The molecule has 2 saturated heterocycles. The minimum atomic E-state index is -2.52. The number of esters is 1. The van der Waals surface area contributed by atoms with Crippen LogP contribution in [0.1, 0.15) is 126 Å². The number of Topliss-reactive ketones (excluding diaryl/α,β-unsaturated/α-hetero) is 3. The van der Waals surface area contributed by atoms with Gasteiger partial charge in [-0.2, -0.15) is 0 Å². The van der Waals surface area contributed by atoms with Gasteiger partial charge in [0, 0.05) is 51.4 Å². The summed E-state index contributed by atoms with van der Waals surface area (Å²) in [5, 5.41) is 43.1. The minimum absolute atomic E-state index is 0.000547. The number of aliphatic hydroxyl groups is 4. The molecule has 25 nitrogen and oxygen atoms in total. The first-order valence-corrected chi connectivity index (χ1v) is 35.4. The lowest BCUT2D eigenvalue weighted by atomic mass is 9.78. The molecule has 2 bridgehead atoms. The predicted octanol–water partition coefficient (Wildman–Crippen LogP) is 5.71. The number of amides is 1. The van der Waals surface area contributed by atoms with Gasteiger partial charge in [0.1, 0.15) is 30.1 Å². The highest BCUT2D eigenvalue weighted by molar-refractivity contribution is 6.39. The van der Waals surface area contributed by atoms with E-state index >= 15 is 0 Å². The van der Waals surface area contributed by atoms with Crippen molar-refractivity contribution >= 4 is 29.2 Å². The van der Waals surface area contributed by atoms with Crippen molar-refractivity contribution in [1.29, 1.82) is 0 Å². The number of ketones is 3. The molecule has 1 aliphatic carbocycles. The van der Waals surface area contributed by atoms with E-state index in [0.717, 1.165) is 5.57 Å². The molecule has 4 rings (SSSR count). The van der Waals surface area contributed by atoms with E-state index in [4.69, 9.17) is 76.2 Å². The summed E-state index contributed by atoms with van der Waals surface area (Å²) in [7, 11) is 2.93. The predicted molar refractivity (Wildman–Crippen MR) is 359 cm³/mol. The van der Waals surface area contributed by atoms with Crippen LogP contribution in [0.5, 0.6) is 0 Å². The number of hydrogen-bond acceptors (Lipinski definition) is 24. The molecule has 1 amide bonds. The molecule has 3 heterocycles. The van der Waals surface area contributed by atoms with Crippen LogP contribution in [0.15, 0.2) is 47.6 Å². The largest absolute Gasteiger partial charge is 0.460 e. The van der Waals surface area contributed by atoms with E-state index in [1.165, 1.54) is 12.0 Å². The van der Waals surface area contributed by atoms with Crippen LogP contribution in [0.25, 0.3) is 0 Å². The van der Waals surface area contributed by atoms with Crippen LogP contribution in [0.2, 0.25) is 0 Å². The highest BCUT2D eigenvalue weighted by Gasteiger charge is 2.53. The number of hydrogen-bond donors (Lipinski definition) is 4. The fraction of sp³-hybridized carbons (Fsp3) is 0.819. The Morgan fingerprint density at radius 3 is 1.68 bits per heavy atom. The number of carbonyl (C=O) groups excluding carboxylic acids is 5. The highest BCUT2D eigenvalue weighted by atomic mass is 16.6. The second-order valence-corrected chi connectivity index (χ2v) is 26.1. The average molecular weight is 1380 g/mol. The Hall–Kier alpha value is -3.81. The van der Waals surface area contributed by atoms with Crippen LogP contribution in [-0.2, 0) is 95.0 Å². The molecule has 4 aliphatic rings. The van der Waals surface area contributed by atoms with Crippen molar-refractivity contribution in [1.82, 2.24) is 4.90 Å². The number of piperidine rings is 1. The van der Waals surface area contributed by atoms with Crippen LogP contribution in [0, 0.1) is 35.5 Å². The Labute approximate surface area is 576 Å². The Balaban J connectivity index is 1.32. The van der Waals surface area contributed by atoms with Gasteiger partial charge in [-0.1, -0.05) is 71.1 Å². The van der Waals surface area contributed by atoms with Gasteiger partial charge in [0.05, 0.1) is 170 Å². The molecule has 1 saturated carbocycles. The van der Waals surface area contributed by atoms with E-state index < -0.39 is 83.9 Å². The summed E-state index contributed by atoms with van der Waals surface area (Å²) in [5.74, 6) is -8.46. The van der Waals surface area contributed by atoms with E-state index in [0.29, 0.717) is 189 Å². The van der Waals surface area contributed by atoms with Crippen molar-refractivity contribution in [3.63, 3.8) is 0 Å². The van der Waals surface area contributed by atoms with Crippen molar-refractivity contribution in [2.75, 3.05) is 166 Å². The lowest BCUT2D eigenvalue weighted by Gasteiger charge is -2.43. The maximum atomic E-state index is 14.6. The first-order valence-electron chi connectivity index (χ1n) is 35.4. The number of allylic oxidation sites excluding steroid dienone is 6. The molecule has 0 radical (unpaired) electrons. The Morgan fingerprint density at radius 1 is 0.619 bits per heavy atom. The van der Waals surface area contributed by atoms with Crippen LogP contribution in [-0.4, -0.2) is 275 Å². The molecule has 0 aromatic carbocycles. The number of fused-ring (bicyclic) bond motifs is 3. The van der Waals surface area contributed by atoms with E-state index in [1.54, 1.807) is 40.9 Å². The van der Waals surface area contributed by atoms with E-state index in [9.17, 15) is 39.3 Å². The molecule has 4 N–H and O–H groups in total. The molecule has 97 heavy (non-hydrogen) atoms. The average Bonchev–Trinajstić information content (AvgIpc) is 0.778. The lowest BCUT2D eigenvalue weighted by Crippen LogP contribution is -2.61. The van der Waals surface area contributed by atoms with Crippen molar-refractivity contribution in [2.24, 2.45) is 35.5 Å². The normalized spacial score (nSPS) is 31.0. The first-order chi connectivity index (χ1) is 46.7. The second-order valence-electron chi connectivity index (χ2n) is 26.1. The van der Waals surface area contributed by atoms with Crippen LogP contribution in [0.4, 0.5) is 0 Å². The third-order valence-electron chi connectivity index (χ3n) is 18.3. The molecule has 3 aliphatic heterocycles. The van der Waals surface area contributed by atoms with Crippen LogP contribution in [0.3, 0.4) is 0 Å². The maximum absolute atomic E-state index is 14.6. The molecule has 0 aromatic rings. The second kappa shape index (κ2) is 49.7. The minimum Gasteiger partial charge on any atom is -0.460 e. The maximum Gasteiger partial charge on any atom is 0.329 e. The van der Waals surface area contributed by atoms with Crippen molar-refractivity contribution in [3.8, 4) is 0 Å². The molecule has 3 fully saturated rings. The van der Waals surface area contributed by atoms with Gasteiger partial charge >= 0.3 is 5.97 Å². The number of methoxy groups -OCH3 is 2. The third kappa shape index (κ3) is 32.4. The Morgan fingerprint density at radius 2 is 1.15 bits per heavy atom. The zero-order valence-corrected chi connectivity index (χ0v) is 59.7. The molecule has 25 heteroatoms. The van der Waals surface area contributed by atoms with Crippen molar-refractivity contribution in [3.05, 3.63) is 47.6 Å². The summed E-state index contributed by atoms with van der Waals surface area (Å²) >= 11 is 0. The van der Waals surface area contributed by atoms with E-state index in [1.807, 2.05) is 51.2 Å². The Kier molecular flexibility index (Phi) is 43.9. The number of aliphatic hydroxyl groups excluding tert-OH is 3. The van der Waals surface area contributed by atoms with Gasteiger partial charge in [-0.25, -0.2) is 4.79 Å². The van der Waals surface area contributed by atoms with Crippen molar-refractivity contribution in [2.45, 2.75) is 180 Å². The molecular formula is C72H121NO24. The molecular weight excluding hydrogens is 1260 g/mol. The number of nitrogens with zero attached hydrogens (tertiary/aromatic N) is 1. The number of rotatable bonds is 38. The lowest BCUT2D eigenvalue weighted by molar-refractivity contribution is -0.266. The van der Waals surface area contributed by atoms with Crippen LogP contribution < -0.4 is 0 Å². The summed E-state index contributed by atoms with van der Waals surface area (Å²) < 4.78 is 85.6. The van der Waals surface area contributed by atoms with E-state index in [2.05, 4.69) is 0 Å². The first kappa shape index (κ1) is 85.6. The van der Waals surface area contributed by atoms with Crippen LogP contribution >= 0.6 is 0 Å². The molecule has 0 spiro atoms. The summed E-state index contributed by atoms with van der Waals surface area (Å²) in [4.78, 5) is 73.2. The third-order valence-corrected chi connectivity index (χ3v) is 18.3. The van der Waals surface area contributed by atoms with Crippen molar-refractivity contribution < 1.29 is 115 Å². The van der Waals surface area contributed by atoms with E-state index in [-0.39, 0.29) is 81.1 Å². The van der Waals surface area contributed by atoms with Gasteiger partial charge in [-0.15, -0.1) is 0 Å². The zero-order chi connectivity index (χ0) is 70.8. The smallest absolute Gasteiger partial charge is 0.329 e. The molecule has 1 unspecified atom stereocenters. The van der Waals surface area contributed by atoms with Gasteiger partial charge in [0.25, 0.3) is 11.7 Å². The SMILES string of the molecule is CO[C@@H]1C[C@H](C[C@@H](C)[C@@H]2CC(=O)[C@H](C)/C=C(\C)[C@@H](O)[C@@H](OC)C(=O)[C@H](C)C[C@H](C)/C=C/C=C/C=C(\C)C(OCCOCCOCCOCCOCCOCCOCCOCCOCCOCCOCCO)C[C@@H]3CC[C@@H](C)[C@@](O)(O3)C(=O)C(=O)N3CCCC[C@H]3C(=O)O2)CC[C@H]1O. The monoisotopic (exact) mass is 1380 g/mol. The number of cyclic esters (lactones) is 1. The standard InChI is InChI=1S/C72H121NO24/c1-51-15-11-10-12-16-52(2)63(95-44-43-94-42-41-93-40-39-92-38-37-91-36-35-90-34-33-89-32-31-88-30-29-87-28-27-86-26-25-85-24-23-74)49-59-20-18-57(7)72(82,97-59)69(79)70(80)73-22-14-13-17-60(73)71(81)96-64(54(4)47-58-19-21-61(75)65(48-58)83-8)50-62(76)53(3)46-56(6)67(78)68(84-9)66(77)55(5)45-51/h10-12,15-16,46,51,53-55,57-61,63-65,67-68,74-75,78,82H,13-14,17-45,47-50H2,1-9H3/b12-10+,15-11+,52-16+,56-46+/t51-,53-,54-,55-,57-,58+,59+,60+,61-,63?,64+,65-,67-,68+,72-/m1/s1. The highest BCUT2D eigenvalue weighted by Crippen LogP contribution is 2.38.